The Balaban J connectivity index is 1.54. The van der Waals surface area contributed by atoms with E-state index in [1.165, 1.54) is 11.6 Å². The van der Waals surface area contributed by atoms with Gasteiger partial charge in [-0.1, -0.05) is 12.6 Å². The Morgan fingerprint density at radius 2 is 2.07 bits per heavy atom. The Kier molecular flexibility index (Phi) is 5.11. The number of rotatable bonds is 6. The molecule has 0 atom stereocenters. The molecule has 28 heavy (non-hydrogen) atoms. The zero-order valence-corrected chi connectivity index (χ0v) is 16.0. The standard InChI is InChI=1S/C22H24F2N4/c1-15(18-9-19(24)12-25-11-18)27(2)13-17-3-4-21(26-22(17)10-23)20-14-28-7-5-16(20)6-8-28/h3-4,9,11-12,14,16H,1,5-8,10,13H2,2H3. The Morgan fingerprint density at radius 3 is 2.71 bits per heavy atom. The largest absolute Gasteiger partial charge is 0.377 e. The number of pyridine rings is 2. The second kappa shape index (κ2) is 7.70. The Morgan fingerprint density at radius 1 is 1.29 bits per heavy atom. The van der Waals surface area contributed by atoms with E-state index in [-0.39, 0.29) is 0 Å². The normalized spacial score (nSPS) is 16.2. The van der Waals surface area contributed by atoms with E-state index in [2.05, 4.69) is 27.6 Å². The molecule has 2 bridgehead atoms. The summed E-state index contributed by atoms with van der Waals surface area (Å²) >= 11 is 0. The van der Waals surface area contributed by atoms with Gasteiger partial charge in [0.2, 0.25) is 0 Å². The van der Waals surface area contributed by atoms with Crippen molar-refractivity contribution in [3.63, 3.8) is 0 Å². The molecule has 4 nitrogen and oxygen atoms in total. The van der Waals surface area contributed by atoms with Gasteiger partial charge in [-0.05, 0) is 42.0 Å². The van der Waals surface area contributed by atoms with Gasteiger partial charge in [0.1, 0.15) is 12.5 Å². The predicted octanol–water partition coefficient (Wildman–Crippen LogP) is 4.25. The van der Waals surface area contributed by atoms with Crippen LogP contribution in [0, 0.1) is 11.7 Å². The first-order valence-corrected chi connectivity index (χ1v) is 9.57. The van der Waals surface area contributed by atoms with Crippen molar-refractivity contribution in [1.82, 2.24) is 19.8 Å². The van der Waals surface area contributed by atoms with Crippen LogP contribution < -0.4 is 0 Å². The minimum absolute atomic E-state index is 0.409. The van der Waals surface area contributed by atoms with E-state index in [0.717, 1.165) is 43.4 Å². The van der Waals surface area contributed by atoms with Crippen molar-refractivity contribution >= 4 is 11.3 Å². The van der Waals surface area contributed by atoms with Gasteiger partial charge in [0.15, 0.2) is 0 Å². The first kappa shape index (κ1) is 18.6. The van der Waals surface area contributed by atoms with Gasteiger partial charge in [0.05, 0.1) is 17.6 Å². The molecular weight excluding hydrogens is 358 g/mol. The van der Waals surface area contributed by atoms with Crippen LogP contribution in [0.5, 0.6) is 0 Å². The van der Waals surface area contributed by atoms with E-state index in [0.29, 0.717) is 29.4 Å². The van der Waals surface area contributed by atoms with E-state index < -0.39 is 12.5 Å². The number of hydrogen-bond acceptors (Lipinski definition) is 4. The minimum atomic E-state index is -0.618. The van der Waals surface area contributed by atoms with Gasteiger partial charge in [-0.2, -0.15) is 0 Å². The number of halogens is 2. The van der Waals surface area contributed by atoms with Crippen molar-refractivity contribution in [3.05, 3.63) is 71.7 Å². The summed E-state index contributed by atoms with van der Waals surface area (Å²) in [7, 11) is 1.85. The maximum absolute atomic E-state index is 13.8. The molecule has 2 aromatic rings. The van der Waals surface area contributed by atoms with Crippen LogP contribution in [-0.4, -0.2) is 39.9 Å². The summed E-state index contributed by atoms with van der Waals surface area (Å²) in [4.78, 5) is 12.7. The fourth-order valence-corrected chi connectivity index (χ4v) is 4.01. The summed E-state index contributed by atoms with van der Waals surface area (Å²) < 4.78 is 27.2. The lowest BCUT2D eigenvalue weighted by Gasteiger charge is -2.39. The fourth-order valence-electron chi connectivity index (χ4n) is 4.01. The van der Waals surface area contributed by atoms with Gasteiger partial charge in [0.25, 0.3) is 0 Å². The molecule has 0 unspecified atom stereocenters. The van der Waals surface area contributed by atoms with Crippen molar-refractivity contribution in [3.8, 4) is 0 Å². The smallest absolute Gasteiger partial charge is 0.142 e. The van der Waals surface area contributed by atoms with Gasteiger partial charge in [-0.15, -0.1) is 0 Å². The SMILES string of the molecule is C=C(c1cncc(F)c1)N(C)Cc1ccc(C2=CN3CCC2CC3)nc1CF. The number of fused-ring (bicyclic) bond motifs is 2. The van der Waals surface area contributed by atoms with Crippen LogP contribution in [0.3, 0.4) is 0 Å². The highest BCUT2D eigenvalue weighted by Gasteiger charge is 2.28. The molecule has 2 aromatic heterocycles. The second-order valence-corrected chi connectivity index (χ2v) is 7.53. The maximum atomic E-state index is 13.8. The Labute approximate surface area is 164 Å². The highest BCUT2D eigenvalue weighted by Crippen LogP contribution is 2.37. The maximum Gasteiger partial charge on any atom is 0.142 e. The van der Waals surface area contributed by atoms with Gasteiger partial charge in [-0.25, -0.2) is 13.8 Å². The molecule has 0 saturated carbocycles. The summed E-state index contributed by atoms with van der Waals surface area (Å²) in [5.41, 5.74) is 4.59. The summed E-state index contributed by atoms with van der Waals surface area (Å²) in [5.74, 6) is 0.118. The zero-order valence-electron chi connectivity index (χ0n) is 16.0. The number of alkyl halides is 1. The van der Waals surface area contributed by atoms with E-state index in [9.17, 15) is 8.78 Å². The van der Waals surface area contributed by atoms with Crippen LogP contribution in [-0.2, 0) is 13.2 Å². The summed E-state index contributed by atoms with van der Waals surface area (Å²) in [5, 5.41) is 0. The van der Waals surface area contributed by atoms with Crippen molar-refractivity contribution < 1.29 is 8.78 Å². The number of nitrogens with zero attached hydrogens (tertiary/aromatic N) is 4. The third-order valence-electron chi connectivity index (χ3n) is 5.69. The average Bonchev–Trinajstić information content (AvgIpc) is 2.74. The van der Waals surface area contributed by atoms with Crippen molar-refractivity contribution in [2.45, 2.75) is 26.1 Å². The van der Waals surface area contributed by atoms with E-state index >= 15 is 0 Å². The predicted molar refractivity (Wildman–Crippen MR) is 106 cm³/mol. The third kappa shape index (κ3) is 3.63. The molecule has 146 valence electrons. The van der Waals surface area contributed by atoms with Gasteiger partial charge in [0, 0.05) is 50.3 Å². The van der Waals surface area contributed by atoms with Crippen LogP contribution in [0.4, 0.5) is 8.78 Å². The Hall–Kier alpha value is -2.76. The van der Waals surface area contributed by atoms with Crippen LogP contribution >= 0.6 is 0 Å². The molecule has 5 heterocycles. The number of allylic oxidation sites excluding steroid dienone is 1. The molecule has 1 fully saturated rings. The Bertz CT molecular complexity index is 917. The molecule has 0 aromatic carbocycles. The molecule has 0 radical (unpaired) electrons. The lowest BCUT2D eigenvalue weighted by atomic mass is 9.84. The minimum Gasteiger partial charge on any atom is -0.377 e. The third-order valence-corrected chi connectivity index (χ3v) is 5.69. The van der Waals surface area contributed by atoms with Crippen LogP contribution in [0.2, 0.25) is 0 Å². The molecular formula is C22H24F2N4. The molecule has 5 rings (SSSR count). The highest BCUT2D eigenvalue weighted by atomic mass is 19.1. The zero-order chi connectivity index (χ0) is 19.7. The number of piperidine rings is 1. The molecule has 0 aliphatic carbocycles. The molecule has 3 aliphatic rings. The quantitative estimate of drug-likeness (QED) is 0.748. The molecule has 3 aliphatic heterocycles. The second-order valence-electron chi connectivity index (χ2n) is 7.53. The number of hydrogen-bond donors (Lipinski definition) is 0. The van der Waals surface area contributed by atoms with E-state index in [1.807, 2.05) is 24.1 Å². The highest BCUT2D eigenvalue weighted by molar-refractivity contribution is 5.66. The van der Waals surface area contributed by atoms with Crippen molar-refractivity contribution in [2.75, 3.05) is 20.1 Å². The monoisotopic (exact) mass is 382 g/mol. The van der Waals surface area contributed by atoms with Crippen molar-refractivity contribution in [1.29, 1.82) is 0 Å². The summed E-state index contributed by atoms with van der Waals surface area (Å²) in [6, 6.07) is 5.33. The summed E-state index contributed by atoms with van der Waals surface area (Å²) in [6.45, 7) is 6.05. The van der Waals surface area contributed by atoms with E-state index in [1.54, 1.807) is 6.20 Å². The topological polar surface area (TPSA) is 32.3 Å². The fraction of sp³-hybridized carbons (Fsp3) is 0.364. The van der Waals surface area contributed by atoms with Crippen LogP contribution in [0.1, 0.15) is 35.4 Å². The lowest BCUT2D eigenvalue weighted by Crippen LogP contribution is -2.35. The van der Waals surface area contributed by atoms with Crippen LogP contribution in [0.15, 0.2) is 43.4 Å². The molecule has 1 saturated heterocycles. The molecule has 0 N–H and O–H groups in total. The van der Waals surface area contributed by atoms with Crippen molar-refractivity contribution in [2.24, 2.45) is 5.92 Å². The van der Waals surface area contributed by atoms with E-state index in [4.69, 9.17) is 0 Å². The van der Waals surface area contributed by atoms with Gasteiger partial charge < -0.3 is 9.80 Å². The first-order valence-electron chi connectivity index (χ1n) is 9.57. The molecule has 0 amide bonds. The molecule has 6 heteroatoms. The molecule has 0 spiro atoms. The van der Waals surface area contributed by atoms with Crippen LogP contribution in [0.25, 0.3) is 11.3 Å². The lowest BCUT2D eigenvalue weighted by molar-refractivity contribution is 0.252. The summed E-state index contributed by atoms with van der Waals surface area (Å²) in [6.07, 6.45) is 7.20. The van der Waals surface area contributed by atoms with Gasteiger partial charge in [-0.3, -0.25) is 4.98 Å². The average molecular weight is 382 g/mol. The number of aromatic nitrogens is 2. The van der Waals surface area contributed by atoms with Gasteiger partial charge >= 0.3 is 0 Å². The first-order chi connectivity index (χ1) is 13.5.